The molecule has 0 aliphatic heterocycles. The number of rotatable bonds is 5. The van der Waals surface area contributed by atoms with Crippen molar-refractivity contribution in [2.45, 2.75) is 6.92 Å². The fourth-order valence-electron chi connectivity index (χ4n) is 1.99. The summed E-state index contributed by atoms with van der Waals surface area (Å²) in [7, 11) is 3.05. The van der Waals surface area contributed by atoms with Crippen LogP contribution in [0.4, 0.5) is 16.2 Å². The van der Waals surface area contributed by atoms with Crippen LogP contribution in [-0.4, -0.2) is 26.2 Å². The summed E-state index contributed by atoms with van der Waals surface area (Å²) in [5.41, 5.74) is 0.977. The third-order valence-electron chi connectivity index (χ3n) is 3.01. The fourth-order valence-corrected chi connectivity index (χ4v) is 1.99. The van der Waals surface area contributed by atoms with E-state index in [9.17, 15) is 9.59 Å². The quantitative estimate of drug-likeness (QED) is 0.649. The minimum atomic E-state index is -0.460. The summed E-state index contributed by atoms with van der Waals surface area (Å²) in [6.45, 7) is 1.31. The van der Waals surface area contributed by atoms with Gasteiger partial charge in [-0.2, -0.15) is 0 Å². The molecule has 2 rings (SSSR count). The highest BCUT2D eigenvalue weighted by Gasteiger charge is 2.09. The van der Waals surface area contributed by atoms with Crippen molar-refractivity contribution >= 4 is 23.4 Å². The van der Waals surface area contributed by atoms with Crippen molar-refractivity contribution < 1.29 is 23.8 Å². The monoisotopic (exact) mass is 330 g/mol. The third-order valence-corrected chi connectivity index (χ3v) is 3.01. The number of urea groups is 1. The molecule has 7 nitrogen and oxygen atoms in total. The lowest BCUT2D eigenvalue weighted by Crippen LogP contribution is -2.19. The topological polar surface area (TPSA) is 85.9 Å². The lowest BCUT2D eigenvalue weighted by Gasteiger charge is -2.12. The minimum absolute atomic E-state index is 0.349. The number of carbonyl (C=O) groups excluding carboxylic acids is 2. The second-order valence-corrected chi connectivity index (χ2v) is 4.77. The molecular formula is C17H18N2O5. The van der Waals surface area contributed by atoms with Crippen LogP contribution in [-0.2, 0) is 4.79 Å². The Labute approximate surface area is 139 Å². The first-order valence-corrected chi connectivity index (χ1v) is 7.10. The molecule has 0 radical (unpaired) electrons. The van der Waals surface area contributed by atoms with Crippen molar-refractivity contribution in [1.82, 2.24) is 0 Å². The highest BCUT2D eigenvalue weighted by atomic mass is 16.5. The Kier molecular flexibility index (Phi) is 5.62. The predicted octanol–water partition coefficient (Wildman–Crippen LogP) is 3.27. The minimum Gasteiger partial charge on any atom is -0.497 e. The van der Waals surface area contributed by atoms with Gasteiger partial charge in [0.1, 0.15) is 17.2 Å². The predicted molar refractivity (Wildman–Crippen MR) is 89.9 cm³/mol. The van der Waals surface area contributed by atoms with Gasteiger partial charge in [-0.3, -0.25) is 4.79 Å². The van der Waals surface area contributed by atoms with Crippen LogP contribution in [0.2, 0.25) is 0 Å². The summed E-state index contributed by atoms with van der Waals surface area (Å²) in [5, 5.41) is 5.34. The molecule has 126 valence electrons. The molecule has 2 aromatic carbocycles. The lowest BCUT2D eigenvalue weighted by atomic mass is 10.2. The summed E-state index contributed by atoms with van der Waals surface area (Å²) in [4.78, 5) is 23.1. The molecule has 0 saturated carbocycles. The molecule has 0 spiro atoms. The van der Waals surface area contributed by atoms with Gasteiger partial charge < -0.3 is 24.8 Å². The fraction of sp³-hybridized carbons (Fsp3) is 0.176. The Morgan fingerprint density at radius 1 is 0.917 bits per heavy atom. The van der Waals surface area contributed by atoms with E-state index >= 15 is 0 Å². The number of benzene rings is 2. The van der Waals surface area contributed by atoms with Crippen LogP contribution in [0.25, 0.3) is 0 Å². The van der Waals surface area contributed by atoms with E-state index in [4.69, 9.17) is 14.2 Å². The van der Waals surface area contributed by atoms with Crippen LogP contribution in [0.5, 0.6) is 17.2 Å². The molecule has 2 amide bonds. The Bertz CT molecular complexity index is 746. The Morgan fingerprint density at radius 2 is 1.71 bits per heavy atom. The molecular weight excluding hydrogens is 312 g/mol. The van der Waals surface area contributed by atoms with E-state index in [0.717, 1.165) is 0 Å². The number of ether oxygens (including phenoxy) is 3. The van der Waals surface area contributed by atoms with E-state index in [1.165, 1.54) is 14.0 Å². The van der Waals surface area contributed by atoms with E-state index in [0.29, 0.717) is 28.6 Å². The number of methoxy groups -OCH3 is 2. The van der Waals surface area contributed by atoms with Crippen LogP contribution in [0.15, 0.2) is 42.5 Å². The van der Waals surface area contributed by atoms with Crippen LogP contribution in [0, 0.1) is 0 Å². The zero-order valence-corrected chi connectivity index (χ0v) is 13.6. The molecule has 0 saturated heterocycles. The standard InChI is InChI=1S/C17H18N2O5/c1-11(20)24-14-6-4-5-12(9-14)18-17(21)19-15-8-7-13(22-2)10-16(15)23-3/h4-10H,1-3H3,(H2,18,19,21). The average Bonchev–Trinajstić information content (AvgIpc) is 2.54. The van der Waals surface area contributed by atoms with E-state index in [1.807, 2.05) is 0 Å². The molecule has 0 aliphatic carbocycles. The normalized spacial score (nSPS) is 9.79. The molecule has 0 aromatic heterocycles. The number of amides is 2. The van der Waals surface area contributed by atoms with Gasteiger partial charge in [0.05, 0.1) is 19.9 Å². The second-order valence-electron chi connectivity index (χ2n) is 4.77. The molecule has 0 aliphatic rings. The summed E-state index contributed by atoms with van der Waals surface area (Å²) in [5.74, 6) is 1.01. The zero-order valence-electron chi connectivity index (χ0n) is 13.6. The first-order chi connectivity index (χ1) is 11.5. The average molecular weight is 330 g/mol. The largest absolute Gasteiger partial charge is 0.497 e. The maximum absolute atomic E-state index is 12.1. The molecule has 7 heteroatoms. The second kappa shape index (κ2) is 7.87. The maximum Gasteiger partial charge on any atom is 0.323 e. The van der Waals surface area contributed by atoms with Crippen LogP contribution in [0.3, 0.4) is 0 Å². The van der Waals surface area contributed by atoms with Crippen molar-refractivity contribution in [3.05, 3.63) is 42.5 Å². The van der Waals surface area contributed by atoms with Gasteiger partial charge in [0.2, 0.25) is 0 Å². The van der Waals surface area contributed by atoms with Crippen molar-refractivity contribution in [3.8, 4) is 17.2 Å². The molecule has 0 fully saturated rings. The van der Waals surface area contributed by atoms with Crippen LogP contribution in [0.1, 0.15) is 6.92 Å². The SMILES string of the molecule is COc1ccc(NC(=O)Nc2cccc(OC(C)=O)c2)c(OC)c1. The number of hydrogen-bond donors (Lipinski definition) is 2. The Balaban J connectivity index is 2.07. The lowest BCUT2D eigenvalue weighted by molar-refractivity contribution is -0.131. The van der Waals surface area contributed by atoms with E-state index in [1.54, 1.807) is 49.6 Å². The highest BCUT2D eigenvalue weighted by molar-refractivity contribution is 6.00. The first kappa shape index (κ1) is 17.1. The molecule has 0 unspecified atom stereocenters. The van der Waals surface area contributed by atoms with Gasteiger partial charge >= 0.3 is 12.0 Å². The molecule has 0 bridgehead atoms. The van der Waals surface area contributed by atoms with Gasteiger partial charge in [-0.05, 0) is 24.3 Å². The van der Waals surface area contributed by atoms with Crippen LogP contribution >= 0.6 is 0 Å². The smallest absolute Gasteiger partial charge is 0.323 e. The Morgan fingerprint density at radius 3 is 2.38 bits per heavy atom. The molecule has 0 heterocycles. The molecule has 24 heavy (non-hydrogen) atoms. The zero-order chi connectivity index (χ0) is 17.5. The van der Waals surface area contributed by atoms with Gasteiger partial charge in [-0.25, -0.2) is 4.79 Å². The molecule has 0 atom stereocenters. The van der Waals surface area contributed by atoms with Gasteiger partial charge in [0, 0.05) is 24.7 Å². The van der Waals surface area contributed by atoms with Gasteiger partial charge in [0.25, 0.3) is 0 Å². The maximum atomic E-state index is 12.1. The van der Waals surface area contributed by atoms with E-state index in [2.05, 4.69) is 10.6 Å². The van der Waals surface area contributed by atoms with Crippen molar-refractivity contribution in [3.63, 3.8) is 0 Å². The summed E-state index contributed by atoms with van der Waals surface area (Å²) < 4.78 is 15.3. The van der Waals surface area contributed by atoms with E-state index < -0.39 is 12.0 Å². The van der Waals surface area contributed by atoms with E-state index in [-0.39, 0.29) is 0 Å². The Hall–Kier alpha value is -3.22. The number of esters is 1. The number of anilines is 2. The summed E-state index contributed by atoms with van der Waals surface area (Å²) in [6, 6.07) is 11.1. The van der Waals surface area contributed by atoms with Crippen LogP contribution < -0.4 is 24.8 Å². The van der Waals surface area contributed by atoms with Crippen molar-refractivity contribution in [2.24, 2.45) is 0 Å². The number of carbonyl (C=O) groups is 2. The van der Waals surface area contributed by atoms with Gasteiger partial charge in [-0.1, -0.05) is 6.07 Å². The summed E-state index contributed by atoms with van der Waals surface area (Å²) in [6.07, 6.45) is 0. The summed E-state index contributed by atoms with van der Waals surface area (Å²) >= 11 is 0. The van der Waals surface area contributed by atoms with Gasteiger partial charge in [0.15, 0.2) is 0 Å². The molecule has 2 aromatic rings. The molecule has 2 N–H and O–H groups in total. The van der Waals surface area contributed by atoms with Crippen molar-refractivity contribution in [1.29, 1.82) is 0 Å². The van der Waals surface area contributed by atoms with Crippen molar-refractivity contribution in [2.75, 3.05) is 24.9 Å². The highest BCUT2D eigenvalue weighted by Crippen LogP contribution is 2.29. The van der Waals surface area contributed by atoms with Gasteiger partial charge in [-0.15, -0.1) is 0 Å². The third kappa shape index (κ3) is 4.64. The first-order valence-electron chi connectivity index (χ1n) is 7.10. The number of nitrogens with one attached hydrogen (secondary N) is 2. The number of hydrogen-bond acceptors (Lipinski definition) is 5.